The molecule has 0 bridgehead atoms. The lowest BCUT2D eigenvalue weighted by molar-refractivity contribution is -0.135. The van der Waals surface area contributed by atoms with E-state index >= 15 is 0 Å². The quantitative estimate of drug-likeness (QED) is 0.370. The Morgan fingerprint density at radius 3 is 2.59 bits per heavy atom. The van der Waals surface area contributed by atoms with Crippen molar-refractivity contribution in [2.45, 2.75) is 32.2 Å². The van der Waals surface area contributed by atoms with Crippen LogP contribution in [0, 0.1) is 0 Å². The third-order valence-electron chi connectivity index (χ3n) is 5.70. The van der Waals surface area contributed by atoms with E-state index in [-0.39, 0.29) is 46.2 Å². The van der Waals surface area contributed by atoms with E-state index < -0.39 is 17.3 Å². The van der Waals surface area contributed by atoms with E-state index in [1.54, 1.807) is 18.3 Å². The number of esters is 1. The molecule has 32 heavy (non-hydrogen) atoms. The van der Waals surface area contributed by atoms with Gasteiger partial charge in [-0.3, -0.25) is 14.3 Å². The van der Waals surface area contributed by atoms with Gasteiger partial charge in [0.05, 0.1) is 12.0 Å². The van der Waals surface area contributed by atoms with Gasteiger partial charge < -0.3 is 19.4 Å². The summed E-state index contributed by atoms with van der Waals surface area (Å²) in [5.41, 5.74) is 1.83. The molecule has 0 amide bonds. The molecule has 1 unspecified atom stereocenters. The lowest BCUT2D eigenvalue weighted by Crippen LogP contribution is -2.24. The van der Waals surface area contributed by atoms with Gasteiger partial charge in [-0.2, -0.15) is 5.10 Å². The predicted molar refractivity (Wildman–Crippen MR) is 116 cm³/mol. The zero-order valence-corrected chi connectivity index (χ0v) is 17.4. The van der Waals surface area contributed by atoms with Gasteiger partial charge in [0.1, 0.15) is 34.5 Å². The molecule has 5 rings (SSSR count). The van der Waals surface area contributed by atoms with E-state index in [4.69, 9.17) is 9.15 Å². The molecule has 2 aromatic carbocycles. The molecule has 162 valence electrons. The highest BCUT2D eigenvalue weighted by Crippen LogP contribution is 2.45. The molecule has 1 aliphatic rings. The molecular weight excluding hydrogens is 412 g/mol. The highest BCUT2D eigenvalue weighted by atomic mass is 16.5. The molecule has 0 fully saturated rings. The van der Waals surface area contributed by atoms with E-state index in [9.17, 15) is 19.8 Å². The zero-order chi connectivity index (χ0) is 22.6. The van der Waals surface area contributed by atoms with Crippen molar-refractivity contribution >= 4 is 16.9 Å². The van der Waals surface area contributed by atoms with Gasteiger partial charge in [0.2, 0.25) is 5.43 Å². The maximum absolute atomic E-state index is 13.3. The van der Waals surface area contributed by atoms with Crippen LogP contribution in [0.3, 0.4) is 0 Å². The molecule has 4 aromatic rings. The number of phenols is 2. The van der Waals surface area contributed by atoms with Crippen molar-refractivity contribution in [2.75, 3.05) is 0 Å². The second-order valence-electron chi connectivity index (χ2n) is 8.06. The minimum atomic E-state index is -0.457. The Morgan fingerprint density at radius 1 is 1.12 bits per heavy atom. The summed E-state index contributed by atoms with van der Waals surface area (Å²) in [7, 11) is 0. The van der Waals surface area contributed by atoms with Gasteiger partial charge in [-0.15, -0.1) is 0 Å². The maximum Gasteiger partial charge on any atom is 0.312 e. The van der Waals surface area contributed by atoms with Crippen LogP contribution in [0.15, 0.2) is 58.1 Å². The number of fused-ring (bicyclic) bond motifs is 3. The van der Waals surface area contributed by atoms with Crippen molar-refractivity contribution < 1.29 is 24.2 Å². The number of phenolic OH excluding ortho intramolecular Hbond substituents is 2. The molecule has 2 aromatic heterocycles. The Hall–Kier alpha value is -4.07. The summed E-state index contributed by atoms with van der Waals surface area (Å²) in [6, 6.07) is 9.29. The lowest BCUT2D eigenvalue weighted by atomic mass is 9.87. The minimum absolute atomic E-state index is 0.00730. The fraction of sp³-hybridized carbons (Fsp3) is 0.208. The topological polar surface area (TPSA) is 115 Å². The Labute approximate surface area is 182 Å². The van der Waals surface area contributed by atoms with Crippen LogP contribution >= 0.6 is 0 Å². The van der Waals surface area contributed by atoms with Gasteiger partial charge >= 0.3 is 5.97 Å². The summed E-state index contributed by atoms with van der Waals surface area (Å²) in [6.07, 6.45) is 3.04. The number of benzene rings is 2. The van der Waals surface area contributed by atoms with Crippen molar-refractivity contribution in [1.82, 2.24) is 9.78 Å². The van der Waals surface area contributed by atoms with Crippen molar-refractivity contribution in [3.63, 3.8) is 0 Å². The summed E-state index contributed by atoms with van der Waals surface area (Å²) in [5.74, 6) is -1.00. The fourth-order valence-corrected chi connectivity index (χ4v) is 4.26. The van der Waals surface area contributed by atoms with Crippen LogP contribution < -0.4 is 10.2 Å². The molecule has 0 radical (unpaired) electrons. The van der Waals surface area contributed by atoms with Crippen molar-refractivity contribution in [3.05, 3.63) is 70.3 Å². The SMILES string of the molecule is CC(C)n1nccc1C1CC(=O)Oc2cc(O)c3c(=O)c(-c4ccc(O)cc4)coc3c21. The molecule has 0 saturated heterocycles. The zero-order valence-electron chi connectivity index (χ0n) is 17.4. The molecule has 8 nitrogen and oxygen atoms in total. The first-order valence-electron chi connectivity index (χ1n) is 10.2. The van der Waals surface area contributed by atoms with Crippen LogP contribution in [0.25, 0.3) is 22.1 Å². The van der Waals surface area contributed by atoms with E-state index in [1.807, 2.05) is 24.6 Å². The van der Waals surface area contributed by atoms with Gasteiger partial charge in [-0.1, -0.05) is 12.1 Å². The normalized spacial score (nSPS) is 15.7. The molecular formula is C24H20N2O6. The number of hydrogen-bond acceptors (Lipinski definition) is 7. The maximum atomic E-state index is 13.3. The van der Waals surface area contributed by atoms with Gasteiger partial charge in [-0.05, 0) is 37.6 Å². The van der Waals surface area contributed by atoms with Gasteiger partial charge in [-0.25, -0.2) is 0 Å². The number of nitrogens with zero attached hydrogens (tertiary/aromatic N) is 2. The number of rotatable bonds is 3. The van der Waals surface area contributed by atoms with E-state index in [0.717, 1.165) is 5.69 Å². The average Bonchev–Trinajstić information content (AvgIpc) is 3.24. The van der Waals surface area contributed by atoms with Gasteiger partial charge in [0.15, 0.2) is 0 Å². The first-order chi connectivity index (χ1) is 15.3. The summed E-state index contributed by atoms with van der Waals surface area (Å²) in [6.45, 7) is 3.97. The number of aromatic nitrogens is 2. The largest absolute Gasteiger partial charge is 0.508 e. The van der Waals surface area contributed by atoms with E-state index in [2.05, 4.69) is 5.10 Å². The van der Waals surface area contributed by atoms with Crippen LogP contribution in [0.1, 0.15) is 43.5 Å². The second-order valence-corrected chi connectivity index (χ2v) is 8.06. The van der Waals surface area contributed by atoms with E-state index in [1.165, 1.54) is 24.5 Å². The second kappa shape index (κ2) is 7.26. The van der Waals surface area contributed by atoms with Crippen LogP contribution in [-0.4, -0.2) is 26.0 Å². The third kappa shape index (κ3) is 3.03. The Kier molecular flexibility index (Phi) is 4.51. The molecule has 0 spiro atoms. The monoisotopic (exact) mass is 432 g/mol. The first kappa shape index (κ1) is 19.9. The first-order valence-corrected chi connectivity index (χ1v) is 10.2. The molecule has 1 atom stereocenters. The highest BCUT2D eigenvalue weighted by molar-refractivity contribution is 5.94. The molecule has 1 aliphatic heterocycles. The van der Waals surface area contributed by atoms with Crippen molar-refractivity contribution in [3.8, 4) is 28.4 Å². The van der Waals surface area contributed by atoms with Crippen LogP contribution in [0.5, 0.6) is 17.2 Å². The molecule has 0 saturated carbocycles. The van der Waals surface area contributed by atoms with Crippen LogP contribution in [0.2, 0.25) is 0 Å². The Bertz CT molecular complexity index is 1420. The lowest BCUT2D eigenvalue weighted by Gasteiger charge is -2.27. The molecule has 0 aliphatic carbocycles. The summed E-state index contributed by atoms with van der Waals surface area (Å²) in [4.78, 5) is 25.7. The van der Waals surface area contributed by atoms with Gasteiger partial charge in [0, 0.05) is 35.5 Å². The van der Waals surface area contributed by atoms with Gasteiger partial charge in [0.25, 0.3) is 0 Å². The number of hydrogen-bond donors (Lipinski definition) is 2. The predicted octanol–water partition coefficient (Wildman–Crippen LogP) is 4.09. The Balaban J connectivity index is 1.78. The average molecular weight is 432 g/mol. The summed E-state index contributed by atoms with van der Waals surface area (Å²) in [5, 5.41) is 24.6. The number of aromatic hydroxyl groups is 2. The van der Waals surface area contributed by atoms with Crippen LogP contribution in [0.4, 0.5) is 0 Å². The smallest absolute Gasteiger partial charge is 0.312 e. The summed E-state index contributed by atoms with van der Waals surface area (Å²) >= 11 is 0. The number of ether oxygens (including phenoxy) is 1. The number of carbonyl (C=O) groups excluding carboxylic acids is 1. The highest BCUT2D eigenvalue weighted by Gasteiger charge is 2.35. The van der Waals surface area contributed by atoms with E-state index in [0.29, 0.717) is 11.1 Å². The Morgan fingerprint density at radius 2 is 1.88 bits per heavy atom. The number of carbonyl (C=O) groups is 1. The molecule has 8 heteroatoms. The van der Waals surface area contributed by atoms with Crippen LogP contribution in [-0.2, 0) is 4.79 Å². The fourth-order valence-electron chi connectivity index (χ4n) is 4.26. The minimum Gasteiger partial charge on any atom is -0.508 e. The standard InChI is InChI=1S/C24H20N2O6/c1-12(2)26-17(7-8-25-26)15-9-20(29)32-19-10-18(28)22-23(30)16(11-31-24(22)21(15)19)13-3-5-14(27)6-4-13/h3-8,10-12,15,27-28H,9H2,1-2H3. The van der Waals surface area contributed by atoms with Crippen molar-refractivity contribution in [2.24, 2.45) is 0 Å². The molecule has 3 heterocycles. The van der Waals surface area contributed by atoms with Crippen molar-refractivity contribution in [1.29, 1.82) is 0 Å². The summed E-state index contributed by atoms with van der Waals surface area (Å²) < 4.78 is 13.1. The third-order valence-corrected chi connectivity index (χ3v) is 5.70. The molecule has 2 N–H and O–H groups in total.